The van der Waals surface area contributed by atoms with Gasteiger partial charge < -0.3 is 15.4 Å². The first kappa shape index (κ1) is 17.6. The Balaban J connectivity index is 1.64. The van der Waals surface area contributed by atoms with E-state index < -0.39 is 5.91 Å². The number of pyridine rings is 1. The number of aromatic nitrogens is 3. The zero-order valence-corrected chi connectivity index (χ0v) is 14.7. The summed E-state index contributed by atoms with van der Waals surface area (Å²) < 4.78 is 5.21. The van der Waals surface area contributed by atoms with Gasteiger partial charge in [0.1, 0.15) is 11.6 Å². The van der Waals surface area contributed by atoms with E-state index in [1.54, 1.807) is 42.7 Å². The van der Waals surface area contributed by atoms with E-state index in [0.29, 0.717) is 28.8 Å². The van der Waals surface area contributed by atoms with Gasteiger partial charge in [0.2, 0.25) is 0 Å². The summed E-state index contributed by atoms with van der Waals surface area (Å²) in [6.07, 6.45) is 3.48. The number of nitrogens with one attached hydrogen (secondary N) is 2. The number of halogens is 1. The molecule has 0 bridgehead atoms. The number of ether oxygens (including phenoxy) is 1. The van der Waals surface area contributed by atoms with Crippen molar-refractivity contribution in [1.82, 2.24) is 15.2 Å². The molecular weight excluding hydrogens is 354 g/mol. The van der Waals surface area contributed by atoms with Crippen LogP contribution in [0.1, 0.15) is 16.1 Å². The van der Waals surface area contributed by atoms with Crippen LogP contribution in [0.2, 0.25) is 5.02 Å². The molecule has 0 fully saturated rings. The molecule has 0 aliphatic carbocycles. The summed E-state index contributed by atoms with van der Waals surface area (Å²) in [7, 11) is 1.52. The molecule has 3 rings (SSSR count). The highest BCUT2D eigenvalue weighted by Crippen LogP contribution is 2.27. The fourth-order valence-electron chi connectivity index (χ4n) is 2.21. The summed E-state index contributed by atoms with van der Waals surface area (Å²) in [6, 6.07) is 12.1. The molecule has 0 unspecified atom stereocenters. The standard InChI is InChI=1S/C18H16ClN5O2/c1-26-16-6-4-13(19)9-15(16)22-18(25)14-5-7-17(24-23-14)21-11-12-3-2-8-20-10-12/h2-10H,11H2,1H3,(H,21,24)(H,22,25). The second kappa shape index (κ2) is 8.26. The smallest absolute Gasteiger partial charge is 0.276 e. The van der Waals surface area contributed by atoms with Crippen LogP contribution in [0.25, 0.3) is 0 Å². The molecule has 0 saturated carbocycles. The number of rotatable bonds is 6. The molecule has 132 valence electrons. The molecule has 1 amide bonds. The molecule has 8 heteroatoms. The number of benzene rings is 1. The average molecular weight is 370 g/mol. The van der Waals surface area contributed by atoms with Crippen LogP contribution in [0.15, 0.2) is 54.9 Å². The van der Waals surface area contributed by atoms with Gasteiger partial charge >= 0.3 is 0 Å². The molecule has 2 heterocycles. The van der Waals surface area contributed by atoms with Crippen LogP contribution in [0.5, 0.6) is 5.75 Å². The Morgan fingerprint density at radius 1 is 1.19 bits per heavy atom. The van der Waals surface area contributed by atoms with Gasteiger partial charge in [-0.1, -0.05) is 17.7 Å². The maximum atomic E-state index is 12.3. The van der Waals surface area contributed by atoms with E-state index >= 15 is 0 Å². The Morgan fingerprint density at radius 3 is 2.77 bits per heavy atom. The molecule has 7 nitrogen and oxygen atoms in total. The molecule has 0 radical (unpaired) electrons. The minimum Gasteiger partial charge on any atom is -0.495 e. The number of carbonyl (C=O) groups is 1. The molecule has 2 N–H and O–H groups in total. The lowest BCUT2D eigenvalue weighted by Crippen LogP contribution is -2.15. The van der Waals surface area contributed by atoms with Crippen molar-refractivity contribution >= 4 is 29.0 Å². The van der Waals surface area contributed by atoms with Gasteiger partial charge in [-0.05, 0) is 42.0 Å². The summed E-state index contributed by atoms with van der Waals surface area (Å²) in [6.45, 7) is 0.563. The molecular formula is C18H16ClN5O2. The summed E-state index contributed by atoms with van der Waals surface area (Å²) in [5.41, 5.74) is 1.66. The Morgan fingerprint density at radius 2 is 2.08 bits per heavy atom. The first-order chi connectivity index (χ1) is 12.7. The van der Waals surface area contributed by atoms with Gasteiger partial charge in [-0.25, -0.2) is 0 Å². The summed E-state index contributed by atoms with van der Waals surface area (Å²) in [5, 5.41) is 14.3. The van der Waals surface area contributed by atoms with Crippen molar-refractivity contribution in [2.24, 2.45) is 0 Å². The van der Waals surface area contributed by atoms with Crippen molar-refractivity contribution < 1.29 is 9.53 Å². The normalized spacial score (nSPS) is 10.2. The summed E-state index contributed by atoms with van der Waals surface area (Å²) in [4.78, 5) is 16.4. The van der Waals surface area contributed by atoms with E-state index in [4.69, 9.17) is 16.3 Å². The van der Waals surface area contributed by atoms with Crippen molar-refractivity contribution in [3.63, 3.8) is 0 Å². The molecule has 0 aliphatic rings. The minimum absolute atomic E-state index is 0.180. The number of hydrogen-bond donors (Lipinski definition) is 2. The third-order valence-electron chi connectivity index (χ3n) is 3.50. The second-order valence-electron chi connectivity index (χ2n) is 5.32. The van der Waals surface area contributed by atoms with Crippen molar-refractivity contribution in [2.45, 2.75) is 6.54 Å². The van der Waals surface area contributed by atoms with Gasteiger partial charge in [0.05, 0.1) is 12.8 Å². The largest absolute Gasteiger partial charge is 0.495 e. The summed E-state index contributed by atoms with van der Waals surface area (Å²) >= 11 is 5.96. The third-order valence-corrected chi connectivity index (χ3v) is 3.74. The van der Waals surface area contributed by atoms with Crippen LogP contribution >= 0.6 is 11.6 Å². The van der Waals surface area contributed by atoms with Gasteiger partial charge in [-0.3, -0.25) is 9.78 Å². The number of methoxy groups -OCH3 is 1. The fourth-order valence-corrected chi connectivity index (χ4v) is 2.38. The minimum atomic E-state index is -0.406. The monoisotopic (exact) mass is 369 g/mol. The van der Waals surface area contributed by atoms with Gasteiger partial charge in [0.25, 0.3) is 5.91 Å². The van der Waals surface area contributed by atoms with E-state index in [-0.39, 0.29) is 5.69 Å². The van der Waals surface area contributed by atoms with Crippen molar-refractivity contribution in [2.75, 3.05) is 17.7 Å². The quantitative estimate of drug-likeness (QED) is 0.692. The van der Waals surface area contributed by atoms with Crippen LogP contribution in [-0.4, -0.2) is 28.2 Å². The third kappa shape index (κ3) is 4.46. The number of hydrogen-bond acceptors (Lipinski definition) is 6. The van der Waals surface area contributed by atoms with Crippen molar-refractivity contribution in [1.29, 1.82) is 0 Å². The Kier molecular flexibility index (Phi) is 5.60. The van der Waals surface area contributed by atoms with Gasteiger partial charge in [-0.15, -0.1) is 10.2 Å². The molecule has 0 aliphatic heterocycles. The topological polar surface area (TPSA) is 89.0 Å². The number of amides is 1. The predicted octanol–water partition coefficient (Wildman–Crippen LogP) is 3.40. The molecule has 26 heavy (non-hydrogen) atoms. The maximum Gasteiger partial charge on any atom is 0.276 e. The Labute approximate surface area is 155 Å². The number of carbonyl (C=O) groups excluding carboxylic acids is 1. The number of anilines is 2. The van der Waals surface area contributed by atoms with Crippen molar-refractivity contribution in [3.05, 3.63) is 71.1 Å². The van der Waals surface area contributed by atoms with Gasteiger partial charge in [0.15, 0.2) is 5.69 Å². The maximum absolute atomic E-state index is 12.3. The van der Waals surface area contributed by atoms with Crippen LogP contribution < -0.4 is 15.4 Å². The highest BCUT2D eigenvalue weighted by Gasteiger charge is 2.12. The predicted molar refractivity (Wildman–Crippen MR) is 99.6 cm³/mol. The van der Waals surface area contributed by atoms with E-state index in [0.717, 1.165) is 5.56 Å². The molecule has 3 aromatic rings. The van der Waals surface area contributed by atoms with E-state index in [2.05, 4.69) is 25.8 Å². The Hall–Kier alpha value is -3.19. The van der Waals surface area contributed by atoms with E-state index in [9.17, 15) is 4.79 Å². The zero-order chi connectivity index (χ0) is 18.4. The molecule has 0 saturated heterocycles. The van der Waals surface area contributed by atoms with E-state index in [1.165, 1.54) is 7.11 Å². The lowest BCUT2D eigenvalue weighted by Gasteiger charge is -2.10. The van der Waals surface area contributed by atoms with Crippen LogP contribution in [0, 0.1) is 0 Å². The molecule has 0 atom stereocenters. The molecule has 0 spiro atoms. The lowest BCUT2D eigenvalue weighted by atomic mass is 10.2. The van der Waals surface area contributed by atoms with Crippen LogP contribution in [-0.2, 0) is 6.54 Å². The average Bonchev–Trinajstić information content (AvgIpc) is 2.68. The van der Waals surface area contributed by atoms with Crippen LogP contribution in [0.4, 0.5) is 11.5 Å². The fraction of sp³-hybridized carbons (Fsp3) is 0.111. The highest BCUT2D eigenvalue weighted by molar-refractivity contribution is 6.31. The SMILES string of the molecule is COc1ccc(Cl)cc1NC(=O)c1ccc(NCc2cccnc2)nn1. The number of nitrogens with zero attached hydrogens (tertiary/aromatic N) is 3. The highest BCUT2D eigenvalue weighted by atomic mass is 35.5. The molecule has 1 aromatic carbocycles. The second-order valence-corrected chi connectivity index (χ2v) is 5.75. The zero-order valence-electron chi connectivity index (χ0n) is 13.9. The lowest BCUT2D eigenvalue weighted by molar-refractivity contribution is 0.102. The Bertz CT molecular complexity index is 888. The van der Waals surface area contributed by atoms with Gasteiger partial charge in [-0.2, -0.15) is 0 Å². The first-order valence-corrected chi connectivity index (χ1v) is 8.15. The summed E-state index contributed by atoms with van der Waals surface area (Å²) in [5.74, 6) is 0.660. The molecule has 2 aromatic heterocycles. The van der Waals surface area contributed by atoms with Gasteiger partial charge in [0, 0.05) is 24.0 Å². The van der Waals surface area contributed by atoms with Crippen LogP contribution in [0.3, 0.4) is 0 Å². The van der Waals surface area contributed by atoms with Crippen molar-refractivity contribution in [3.8, 4) is 5.75 Å². The van der Waals surface area contributed by atoms with E-state index in [1.807, 2.05) is 12.1 Å². The first-order valence-electron chi connectivity index (χ1n) is 7.77.